The van der Waals surface area contributed by atoms with Gasteiger partial charge in [-0.25, -0.2) is 0 Å². The van der Waals surface area contributed by atoms with Gasteiger partial charge in [-0.15, -0.1) is 0 Å². The second-order valence-electron chi connectivity index (χ2n) is 5.27. The van der Waals surface area contributed by atoms with Gasteiger partial charge in [-0.1, -0.05) is 0 Å². The highest BCUT2D eigenvalue weighted by Gasteiger charge is 2.14. The summed E-state index contributed by atoms with van der Waals surface area (Å²) in [5, 5.41) is 4.14. The number of nitrogens with two attached hydrogens (primary N) is 1. The molecule has 3 N–H and O–H groups in total. The van der Waals surface area contributed by atoms with Gasteiger partial charge in [-0.3, -0.25) is 16.0 Å². The van der Waals surface area contributed by atoms with Crippen LogP contribution in [0, 0.1) is 0 Å². The fourth-order valence-corrected chi connectivity index (χ4v) is 1.53. The normalized spacial score (nSPS) is 13.9. The number of hydrogen-bond donors (Lipinski definition) is 2. The molecule has 0 spiro atoms. The molecule has 1 unspecified atom stereocenters. The van der Waals surface area contributed by atoms with Gasteiger partial charge in [-0.2, -0.15) is 5.10 Å². The van der Waals surface area contributed by atoms with Crippen LogP contribution in [0.15, 0.2) is 12.3 Å². The van der Waals surface area contributed by atoms with Crippen molar-refractivity contribution >= 4 is 0 Å². The van der Waals surface area contributed by atoms with Crippen molar-refractivity contribution in [3.8, 4) is 0 Å². The second-order valence-corrected chi connectivity index (χ2v) is 5.27. The summed E-state index contributed by atoms with van der Waals surface area (Å²) in [7, 11) is 1.95. The highest BCUT2D eigenvalue weighted by atomic mass is 16.5. The Morgan fingerprint density at radius 2 is 2.24 bits per heavy atom. The standard InChI is InChI=1S/C12H24N4O/c1-12(2,3)17-9-10(15-13)5-6-11-7-8-14-16(11)4/h7-8,10,15H,5-6,9,13H2,1-4H3. The van der Waals surface area contributed by atoms with Gasteiger partial charge < -0.3 is 4.74 Å². The first kappa shape index (κ1) is 14.2. The Morgan fingerprint density at radius 1 is 1.53 bits per heavy atom. The third-order valence-electron chi connectivity index (χ3n) is 2.62. The van der Waals surface area contributed by atoms with E-state index in [0.29, 0.717) is 6.61 Å². The minimum absolute atomic E-state index is 0.123. The number of rotatable bonds is 6. The van der Waals surface area contributed by atoms with E-state index in [9.17, 15) is 0 Å². The summed E-state index contributed by atoms with van der Waals surface area (Å²) >= 11 is 0. The zero-order valence-electron chi connectivity index (χ0n) is 11.2. The fourth-order valence-electron chi connectivity index (χ4n) is 1.53. The predicted molar refractivity (Wildman–Crippen MR) is 68.3 cm³/mol. The monoisotopic (exact) mass is 240 g/mol. The van der Waals surface area contributed by atoms with E-state index >= 15 is 0 Å². The number of nitrogens with one attached hydrogen (secondary N) is 1. The van der Waals surface area contributed by atoms with Crippen molar-refractivity contribution in [2.24, 2.45) is 12.9 Å². The molecule has 0 saturated carbocycles. The second kappa shape index (κ2) is 6.14. The molecule has 5 nitrogen and oxygen atoms in total. The van der Waals surface area contributed by atoms with Crippen LogP contribution in [0.2, 0.25) is 0 Å². The van der Waals surface area contributed by atoms with Crippen LogP contribution in [0.4, 0.5) is 0 Å². The molecule has 17 heavy (non-hydrogen) atoms. The zero-order valence-corrected chi connectivity index (χ0v) is 11.2. The summed E-state index contributed by atoms with van der Waals surface area (Å²) in [5.74, 6) is 5.53. The summed E-state index contributed by atoms with van der Waals surface area (Å²) < 4.78 is 7.60. The minimum Gasteiger partial charge on any atom is -0.374 e. The zero-order chi connectivity index (χ0) is 12.9. The fraction of sp³-hybridized carbons (Fsp3) is 0.750. The Balaban J connectivity index is 2.35. The molecule has 98 valence electrons. The van der Waals surface area contributed by atoms with Gasteiger partial charge in [-0.05, 0) is 39.7 Å². The van der Waals surface area contributed by atoms with E-state index in [1.54, 1.807) is 0 Å². The quantitative estimate of drug-likeness (QED) is 0.575. The predicted octanol–water partition coefficient (Wildman–Crippen LogP) is 1.000. The van der Waals surface area contributed by atoms with E-state index in [1.165, 1.54) is 5.69 Å². The lowest BCUT2D eigenvalue weighted by Gasteiger charge is -2.24. The third kappa shape index (κ3) is 5.30. The molecule has 0 aliphatic carbocycles. The smallest absolute Gasteiger partial charge is 0.0640 e. The number of nitrogens with zero attached hydrogens (tertiary/aromatic N) is 2. The molecule has 0 aliphatic rings. The van der Waals surface area contributed by atoms with E-state index in [-0.39, 0.29) is 11.6 Å². The van der Waals surface area contributed by atoms with Crippen molar-refractivity contribution in [2.45, 2.75) is 45.3 Å². The molecule has 0 saturated heterocycles. The molecule has 1 atom stereocenters. The highest BCUT2D eigenvalue weighted by Crippen LogP contribution is 2.09. The number of aromatic nitrogens is 2. The van der Waals surface area contributed by atoms with Crippen LogP contribution < -0.4 is 11.3 Å². The number of ether oxygens (including phenoxy) is 1. The summed E-state index contributed by atoms with van der Waals surface area (Å²) in [6.45, 7) is 6.75. The summed E-state index contributed by atoms with van der Waals surface area (Å²) in [5.41, 5.74) is 3.89. The van der Waals surface area contributed by atoms with Crippen LogP contribution in [0.3, 0.4) is 0 Å². The van der Waals surface area contributed by atoms with Gasteiger partial charge in [0.1, 0.15) is 0 Å². The number of aryl methyl sites for hydroxylation is 2. The molecule has 1 aromatic rings. The number of hydrogen-bond acceptors (Lipinski definition) is 4. The van der Waals surface area contributed by atoms with Gasteiger partial charge in [0.05, 0.1) is 12.2 Å². The van der Waals surface area contributed by atoms with E-state index < -0.39 is 0 Å². The van der Waals surface area contributed by atoms with Crippen LogP contribution in [-0.2, 0) is 18.2 Å². The van der Waals surface area contributed by atoms with Crippen molar-refractivity contribution in [1.29, 1.82) is 0 Å². The van der Waals surface area contributed by atoms with E-state index in [1.807, 2.05) is 44.8 Å². The Hall–Kier alpha value is -0.910. The Bertz CT molecular complexity index is 329. The SMILES string of the molecule is Cn1nccc1CCC(COC(C)(C)C)NN. The van der Waals surface area contributed by atoms with Crippen molar-refractivity contribution in [1.82, 2.24) is 15.2 Å². The third-order valence-corrected chi connectivity index (χ3v) is 2.62. The first-order valence-corrected chi connectivity index (χ1v) is 5.99. The van der Waals surface area contributed by atoms with Gasteiger partial charge in [0.25, 0.3) is 0 Å². The van der Waals surface area contributed by atoms with Crippen molar-refractivity contribution in [3.63, 3.8) is 0 Å². The lowest BCUT2D eigenvalue weighted by Crippen LogP contribution is -2.41. The number of hydrazine groups is 1. The lowest BCUT2D eigenvalue weighted by atomic mass is 10.1. The average Bonchev–Trinajstić information content (AvgIpc) is 2.63. The Morgan fingerprint density at radius 3 is 2.71 bits per heavy atom. The summed E-state index contributed by atoms with van der Waals surface area (Å²) in [4.78, 5) is 0. The van der Waals surface area contributed by atoms with Gasteiger partial charge in [0.15, 0.2) is 0 Å². The Labute approximate surface area is 103 Å². The van der Waals surface area contributed by atoms with Gasteiger partial charge >= 0.3 is 0 Å². The highest BCUT2D eigenvalue weighted by molar-refractivity contribution is 5.00. The summed E-state index contributed by atoms with van der Waals surface area (Å²) in [6, 6.07) is 2.20. The molecular weight excluding hydrogens is 216 g/mol. The molecule has 1 rings (SSSR count). The maximum absolute atomic E-state index is 5.72. The molecule has 1 heterocycles. The van der Waals surface area contributed by atoms with E-state index in [2.05, 4.69) is 10.5 Å². The van der Waals surface area contributed by atoms with Crippen molar-refractivity contribution in [2.75, 3.05) is 6.61 Å². The molecule has 0 amide bonds. The van der Waals surface area contributed by atoms with Crippen LogP contribution in [0.5, 0.6) is 0 Å². The van der Waals surface area contributed by atoms with Crippen LogP contribution in [-0.4, -0.2) is 28.0 Å². The first-order valence-electron chi connectivity index (χ1n) is 5.99. The minimum atomic E-state index is -0.123. The summed E-state index contributed by atoms with van der Waals surface area (Å²) in [6.07, 6.45) is 3.69. The van der Waals surface area contributed by atoms with Crippen molar-refractivity contribution < 1.29 is 4.74 Å². The molecule has 5 heteroatoms. The maximum atomic E-state index is 5.72. The van der Waals surface area contributed by atoms with Crippen LogP contribution in [0.25, 0.3) is 0 Å². The van der Waals surface area contributed by atoms with Crippen LogP contribution >= 0.6 is 0 Å². The lowest BCUT2D eigenvalue weighted by molar-refractivity contribution is -0.0154. The molecule has 0 radical (unpaired) electrons. The largest absolute Gasteiger partial charge is 0.374 e. The van der Waals surface area contributed by atoms with Crippen LogP contribution in [0.1, 0.15) is 32.9 Å². The molecule has 0 bridgehead atoms. The average molecular weight is 240 g/mol. The molecule has 0 aromatic carbocycles. The Kier molecular flexibility index (Phi) is 5.11. The van der Waals surface area contributed by atoms with E-state index in [0.717, 1.165) is 12.8 Å². The molecular formula is C12H24N4O. The topological polar surface area (TPSA) is 65.1 Å². The first-order chi connectivity index (χ1) is 7.92. The van der Waals surface area contributed by atoms with Gasteiger partial charge in [0.2, 0.25) is 0 Å². The molecule has 0 fully saturated rings. The maximum Gasteiger partial charge on any atom is 0.0640 e. The molecule has 1 aromatic heterocycles. The van der Waals surface area contributed by atoms with Crippen molar-refractivity contribution in [3.05, 3.63) is 18.0 Å². The van der Waals surface area contributed by atoms with E-state index in [4.69, 9.17) is 10.6 Å². The van der Waals surface area contributed by atoms with Gasteiger partial charge in [0, 0.05) is 25.0 Å². The molecule has 0 aliphatic heterocycles.